The Morgan fingerprint density at radius 2 is 1.81 bits per heavy atom. The van der Waals surface area contributed by atoms with E-state index in [4.69, 9.17) is 5.73 Å². The van der Waals surface area contributed by atoms with Crippen LogP contribution in [0.2, 0.25) is 0 Å². The van der Waals surface area contributed by atoms with Gasteiger partial charge in [-0.3, -0.25) is 14.4 Å². The fraction of sp³-hybridized carbons (Fsp3) is 0.394. The standard InChI is InChI=1S/C33H40FN5O3/c1-4-27-11-8-16-39(27)33(42)30-20-24(18-22(3)36-30)32(41)38-29(19-23-9-6-5-7-10-23)28(35)17-21(2)31(40)37-26-14-12-25(34)13-15-26/h5-7,9-10,12-15,18,20-21,27-29H,4,8,11,16-17,19,35H2,1-3H3,(H,37,40)(H,38,41)/t21-,27+,28+,29+/m1/s1. The van der Waals surface area contributed by atoms with Gasteiger partial charge in [-0.2, -0.15) is 0 Å². The van der Waals surface area contributed by atoms with Gasteiger partial charge in [0.2, 0.25) is 5.91 Å². The Hall–Kier alpha value is -4.11. The van der Waals surface area contributed by atoms with Gasteiger partial charge in [0.1, 0.15) is 11.5 Å². The number of hydrogen-bond donors (Lipinski definition) is 3. The highest BCUT2D eigenvalue weighted by molar-refractivity contribution is 5.99. The molecule has 9 heteroatoms. The second-order valence-electron chi connectivity index (χ2n) is 11.2. The molecule has 1 aliphatic rings. The van der Waals surface area contributed by atoms with Crippen LogP contribution >= 0.6 is 0 Å². The minimum absolute atomic E-state index is 0.157. The van der Waals surface area contributed by atoms with E-state index in [1.165, 1.54) is 24.3 Å². The van der Waals surface area contributed by atoms with Crippen molar-refractivity contribution < 1.29 is 18.8 Å². The summed E-state index contributed by atoms with van der Waals surface area (Å²) in [6.45, 7) is 6.30. The van der Waals surface area contributed by atoms with Crippen molar-refractivity contribution in [3.63, 3.8) is 0 Å². The van der Waals surface area contributed by atoms with E-state index in [2.05, 4.69) is 22.5 Å². The van der Waals surface area contributed by atoms with Crippen molar-refractivity contribution in [3.05, 3.63) is 95.1 Å². The number of carbonyl (C=O) groups is 3. The Morgan fingerprint density at radius 3 is 2.50 bits per heavy atom. The van der Waals surface area contributed by atoms with Crippen LogP contribution in [0.3, 0.4) is 0 Å². The predicted octanol–water partition coefficient (Wildman–Crippen LogP) is 4.88. The SMILES string of the molecule is CC[C@H]1CCCN1C(=O)c1cc(C(=O)N[C@@H](Cc2ccccc2)[C@@H](N)C[C@@H](C)C(=O)Nc2ccc(F)cc2)cc(C)n1. The molecule has 4 N–H and O–H groups in total. The van der Waals surface area contributed by atoms with Gasteiger partial charge in [-0.1, -0.05) is 44.2 Å². The minimum Gasteiger partial charge on any atom is -0.347 e. The van der Waals surface area contributed by atoms with Gasteiger partial charge in [-0.05, 0) is 81.0 Å². The maximum absolute atomic E-state index is 13.6. The molecule has 42 heavy (non-hydrogen) atoms. The minimum atomic E-state index is -0.554. The summed E-state index contributed by atoms with van der Waals surface area (Å²) in [7, 11) is 0. The number of nitrogens with one attached hydrogen (secondary N) is 2. The molecule has 2 heterocycles. The van der Waals surface area contributed by atoms with Crippen molar-refractivity contribution in [2.24, 2.45) is 11.7 Å². The third-order valence-corrected chi connectivity index (χ3v) is 7.86. The van der Waals surface area contributed by atoms with Gasteiger partial charge in [-0.25, -0.2) is 9.37 Å². The summed E-state index contributed by atoms with van der Waals surface area (Å²) < 4.78 is 13.2. The Labute approximate surface area is 246 Å². The Balaban J connectivity index is 1.49. The molecule has 0 aliphatic carbocycles. The van der Waals surface area contributed by atoms with Crippen molar-refractivity contribution in [1.29, 1.82) is 0 Å². The van der Waals surface area contributed by atoms with Crippen LogP contribution < -0.4 is 16.4 Å². The summed E-state index contributed by atoms with van der Waals surface area (Å²) in [4.78, 5) is 46.0. The molecule has 1 saturated heterocycles. The summed E-state index contributed by atoms with van der Waals surface area (Å²) in [5.74, 6) is -1.62. The molecule has 4 rings (SSSR count). The Bertz CT molecular complexity index is 1380. The second-order valence-corrected chi connectivity index (χ2v) is 11.2. The summed E-state index contributed by atoms with van der Waals surface area (Å²) >= 11 is 0. The molecule has 2 aromatic carbocycles. The highest BCUT2D eigenvalue weighted by atomic mass is 19.1. The van der Waals surface area contributed by atoms with Crippen molar-refractivity contribution in [2.45, 2.75) is 71.0 Å². The predicted molar refractivity (Wildman–Crippen MR) is 162 cm³/mol. The van der Waals surface area contributed by atoms with Crippen LogP contribution in [0.4, 0.5) is 10.1 Å². The lowest BCUT2D eigenvalue weighted by Gasteiger charge is -2.27. The number of halogens is 1. The van der Waals surface area contributed by atoms with Gasteiger partial charge in [0, 0.05) is 47.5 Å². The Kier molecular flexibility index (Phi) is 10.4. The molecule has 0 saturated carbocycles. The highest BCUT2D eigenvalue weighted by Gasteiger charge is 2.30. The maximum atomic E-state index is 13.6. The fourth-order valence-electron chi connectivity index (χ4n) is 5.49. The molecule has 222 valence electrons. The number of anilines is 1. The van der Waals surface area contributed by atoms with E-state index in [-0.39, 0.29) is 35.3 Å². The highest BCUT2D eigenvalue weighted by Crippen LogP contribution is 2.23. The zero-order valence-electron chi connectivity index (χ0n) is 24.5. The molecular weight excluding hydrogens is 533 g/mol. The third kappa shape index (κ3) is 8.00. The number of benzene rings is 2. The van der Waals surface area contributed by atoms with Crippen LogP contribution in [-0.4, -0.2) is 52.3 Å². The molecule has 1 aliphatic heterocycles. The van der Waals surface area contributed by atoms with E-state index in [1.807, 2.05) is 35.2 Å². The fourth-order valence-corrected chi connectivity index (χ4v) is 5.49. The average molecular weight is 574 g/mol. The first kappa shape index (κ1) is 30.8. The number of rotatable bonds is 11. The van der Waals surface area contributed by atoms with Gasteiger partial charge in [0.25, 0.3) is 11.8 Å². The molecule has 0 radical (unpaired) electrons. The second kappa shape index (κ2) is 14.2. The van der Waals surface area contributed by atoms with Crippen LogP contribution in [0.1, 0.15) is 71.6 Å². The quantitative estimate of drug-likeness (QED) is 0.302. The number of nitrogens with zero attached hydrogens (tertiary/aromatic N) is 2. The normalized spacial score (nSPS) is 16.9. The number of carbonyl (C=O) groups excluding carboxylic acids is 3. The number of pyridine rings is 1. The zero-order chi connectivity index (χ0) is 30.2. The molecule has 0 unspecified atom stereocenters. The average Bonchev–Trinajstić information content (AvgIpc) is 3.46. The third-order valence-electron chi connectivity index (χ3n) is 7.86. The monoisotopic (exact) mass is 573 g/mol. The number of likely N-dealkylation sites (tertiary alicyclic amines) is 1. The topological polar surface area (TPSA) is 117 Å². The molecule has 0 bridgehead atoms. The van der Waals surface area contributed by atoms with Gasteiger partial charge in [0.15, 0.2) is 0 Å². The molecule has 4 atom stereocenters. The summed E-state index contributed by atoms with van der Waals surface area (Å²) in [6, 6.07) is 17.6. The molecule has 0 spiro atoms. The van der Waals surface area contributed by atoms with E-state index in [9.17, 15) is 18.8 Å². The van der Waals surface area contributed by atoms with Gasteiger partial charge in [-0.15, -0.1) is 0 Å². The maximum Gasteiger partial charge on any atom is 0.272 e. The molecular formula is C33H40FN5O3. The van der Waals surface area contributed by atoms with E-state index >= 15 is 0 Å². The Morgan fingerprint density at radius 1 is 1.10 bits per heavy atom. The van der Waals surface area contributed by atoms with Crippen molar-refractivity contribution in [1.82, 2.24) is 15.2 Å². The molecule has 8 nitrogen and oxygen atoms in total. The first-order chi connectivity index (χ1) is 20.1. The van der Waals surface area contributed by atoms with E-state index in [1.54, 1.807) is 26.0 Å². The zero-order valence-corrected chi connectivity index (χ0v) is 24.5. The molecule has 3 aromatic rings. The van der Waals surface area contributed by atoms with E-state index in [0.717, 1.165) is 24.8 Å². The van der Waals surface area contributed by atoms with Crippen LogP contribution in [0.25, 0.3) is 0 Å². The first-order valence-corrected chi connectivity index (χ1v) is 14.6. The van der Waals surface area contributed by atoms with E-state index < -0.39 is 18.0 Å². The lowest BCUT2D eigenvalue weighted by Crippen LogP contribution is -2.50. The van der Waals surface area contributed by atoms with Gasteiger partial charge >= 0.3 is 0 Å². The number of aromatic nitrogens is 1. The van der Waals surface area contributed by atoms with Crippen LogP contribution in [0.15, 0.2) is 66.7 Å². The van der Waals surface area contributed by atoms with Gasteiger partial charge in [0.05, 0.1) is 0 Å². The summed E-state index contributed by atoms with van der Waals surface area (Å²) in [6.07, 6.45) is 3.58. The number of nitrogens with two attached hydrogens (primary N) is 1. The summed E-state index contributed by atoms with van der Waals surface area (Å²) in [5.41, 5.74) is 9.31. The molecule has 1 aromatic heterocycles. The largest absolute Gasteiger partial charge is 0.347 e. The first-order valence-electron chi connectivity index (χ1n) is 14.6. The van der Waals surface area contributed by atoms with Crippen LogP contribution in [0, 0.1) is 18.7 Å². The lowest BCUT2D eigenvalue weighted by atomic mass is 9.92. The van der Waals surface area contributed by atoms with E-state index in [0.29, 0.717) is 36.3 Å². The van der Waals surface area contributed by atoms with Crippen LogP contribution in [0.5, 0.6) is 0 Å². The molecule has 1 fully saturated rings. The smallest absolute Gasteiger partial charge is 0.272 e. The van der Waals surface area contributed by atoms with Crippen molar-refractivity contribution in [2.75, 3.05) is 11.9 Å². The van der Waals surface area contributed by atoms with Crippen molar-refractivity contribution >= 4 is 23.4 Å². The van der Waals surface area contributed by atoms with Gasteiger partial charge < -0.3 is 21.3 Å². The van der Waals surface area contributed by atoms with Crippen molar-refractivity contribution in [3.8, 4) is 0 Å². The summed E-state index contributed by atoms with van der Waals surface area (Å²) in [5, 5.41) is 5.87. The van der Waals surface area contributed by atoms with Crippen LogP contribution in [-0.2, 0) is 11.2 Å². The number of hydrogen-bond acceptors (Lipinski definition) is 5. The number of aryl methyl sites for hydroxylation is 1. The lowest BCUT2D eigenvalue weighted by molar-refractivity contribution is -0.119. The molecule has 3 amide bonds. The number of amides is 3.